The molecule has 0 bridgehead atoms. The zero-order valence-corrected chi connectivity index (χ0v) is 9.30. The van der Waals surface area contributed by atoms with Crippen molar-refractivity contribution in [2.75, 3.05) is 0 Å². The molecule has 1 N–H and O–H groups in total. The molecule has 14 heavy (non-hydrogen) atoms. The number of halogens is 1. The number of hydrogen-bond acceptors (Lipinski definition) is 3. The second kappa shape index (κ2) is 2.79. The summed E-state index contributed by atoms with van der Waals surface area (Å²) in [6.45, 7) is 3.65. The molecule has 0 aliphatic carbocycles. The van der Waals surface area contributed by atoms with Crippen LogP contribution in [0.5, 0.6) is 0 Å². The van der Waals surface area contributed by atoms with Crippen LogP contribution in [-0.2, 0) is 9.59 Å². The molecule has 0 unspecified atom stereocenters. The molecule has 4 nitrogen and oxygen atoms in total. The molecule has 0 spiro atoms. The first-order chi connectivity index (χ1) is 6.36. The Morgan fingerprint density at radius 1 is 1.64 bits per heavy atom. The average Bonchev–Trinajstić information content (AvgIpc) is 2.34. The minimum absolute atomic E-state index is 0.166. The number of rotatable bonds is 1. The van der Waals surface area contributed by atoms with E-state index in [-0.39, 0.29) is 11.3 Å². The highest BCUT2D eigenvalue weighted by Gasteiger charge is 2.63. The van der Waals surface area contributed by atoms with Gasteiger partial charge in [0, 0.05) is 4.75 Å². The lowest BCUT2D eigenvalue weighted by Gasteiger charge is -2.40. The molecule has 0 aromatic carbocycles. The number of thioether (sulfide) groups is 1. The lowest BCUT2D eigenvalue weighted by atomic mass is 9.98. The van der Waals surface area contributed by atoms with Crippen molar-refractivity contribution in [1.29, 1.82) is 0 Å². The lowest BCUT2D eigenvalue weighted by molar-refractivity contribution is -0.156. The zero-order valence-electron chi connectivity index (χ0n) is 7.73. The molecule has 78 valence electrons. The number of carbonyl (C=O) groups is 2. The number of hydrogen-bond donors (Lipinski definition) is 1. The van der Waals surface area contributed by atoms with E-state index < -0.39 is 22.1 Å². The molecule has 2 heterocycles. The Kier molecular flexibility index (Phi) is 2.02. The molecule has 0 aromatic heterocycles. The van der Waals surface area contributed by atoms with Crippen LogP contribution in [0.25, 0.3) is 0 Å². The highest BCUT2D eigenvalue weighted by atomic mass is 35.5. The van der Waals surface area contributed by atoms with Gasteiger partial charge >= 0.3 is 5.97 Å². The molecule has 0 aromatic rings. The van der Waals surface area contributed by atoms with E-state index in [0.29, 0.717) is 0 Å². The number of alkyl halides is 1. The van der Waals surface area contributed by atoms with E-state index in [1.807, 2.05) is 13.8 Å². The van der Waals surface area contributed by atoms with Gasteiger partial charge in [-0.1, -0.05) is 0 Å². The first-order valence-electron chi connectivity index (χ1n) is 4.23. The van der Waals surface area contributed by atoms with Crippen molar-refractivity contribution < 1.29 is 14.7 Å². The molecule has 0 saturated carbocycles. The van der Waals surface area contributed by atoms with E-state index in [4.69, 9.17) is 16.7 Å². The highest BCUT2D eigenvalue weighted by molar-refractivity contribution is 8.01. The number of carbonyl (C=O) groups excluding carboxylic acids is 1. The quantitative estimate of drug-likeness (QED) is 0.538. The van der Waals surface area contributed by atoms with Crippen LogP contribution in [0.4, 0.5) is 0 Å². The van der Waals surface area contributed by atoms with Gasteiger partial charge in [-0.15, -0.1) is 23.4 Å². The molecule has 0 radical (unpaired) electrons. The van der Waals surface area contributed by atoms with Crippen molar-refractivity contribution >= 4 is 35.2 Å². The van der Waals surface area contributed by atoms with E-state index in [0.717, 1.165) is 0 Å². The summed E-state index contributed by atoms with van der Waals surface area (Å²) in [6.07, 6.45) is 0. The fourth-order valence-electron chi connectivity index (χ4n) is 1.97. The Balaban J connectivity index is 2.32. The van der Waals surface area contributed by atoms with Gasteiger partial charge in [0.1, 0.15) is 16.8 Å². The number of fused-ring (bicyclic) bond motifs is 1. The highest BCUT2D eigenvalue weighted by Crippen LogP contribution is 2.52. The van der Waals surface area contributed by atoms with Gasteiger partial charge in [0.25, 0.3) is 0 Å². The van der Waals surface area contributed by atoms with Crippen molar-refractivity contribution in [3.05, 3.63) is 0 Å². The Labute approximate surface area is 90.6 Å². The molecule has 1 amide bonds. The number of amides is 1. The second-order valence-electron chi connectivity index (χ2n) is 4.00. The van der Waals surface area contributed by atoms with Crippen molar-refractivity contribution in [2.24, 2.45) is 0 Å². The SMILES string of the molecule is CC1(C)S[C@@H]2[C@H](Cl)C(=O)N2[C@H]1C(=O)O. The van der Waals surface area contributed by atoms with Crippen LogP contribution in [-0.4, -0.2) is 43.4 Å². The summed E-state index contributed by atoms with van der Waals surface area (Å²) in [6, 6.07) is -0.750. The van der Waals surface area contributed by atoms with Crippen molar-refractivity contribution in [3.63, 3.8) is 0 Å². The summed E-state index contributed by atoms with van der Waals surface area (Å²) in [5.74, 6) is -1.22. The first-order valence-corrected chi connectivity index (χ1v) is 5.55. The standard InChI is InChI=1S/C8H10ClNO3S/c1-8(2)4(7(12)13)10-5(11)3(9)6(10)14-8/h3-4,6H,1-2H3,(H,12,13)/t3-,4+,6-/m1/s1. The molecule has 2 saturated heterocycles. The fourth-order valence-corrected chi connectivity index (χ4v) is 3.90. The van der Waals surface area contributed by atoms with Gasteiger partial charge in [-0.2, -0.15) is 0 Å². The van der Waals surface area contributed by atoms with E-state index in [9.17, 15) is 9.59 Å². The zero-order chi connectivity index (χ0) is 10.7. The van der Waals surface area contributed by atoms with Crippen LogP contribution >= 0.6 is 23.4 Å². The summed E-state index contributed by atoms with van der Waals surface area (Å²) in [4.78, 5) is 23.8. The minimum Gasteiger partial charge on any atom is -0.480 e. The summed E-state index contributed by atoms with van der Waals surface area (Å²) < 4.78 is -0.462. The molecule has 6 heteroatoms. The van der Waals surface area contributed by atoms with Crippen molar-refractivity contribution in [1.82, 2.24) is 4.90 Å². The monoisotopic (exact) mass is 235 g/mol. The lowest BCUT2D eigenvalue weighted by Crippen LogP contribution is -2.63. The molecular formula is C8H10ClNO3S. The molecular weight excluding hydrogens is 226 g/mol. The van der Waals surface area contributed by atoms with Crippen LogP contribution in [0.15, 0.2) is 0 Å². The van der Waals surface area contributed by atoms with Crippen LogP contribution in [0.1, 0.15) is 13.8 Å². The molecule has 2 rings (SSSR count). The predicted molar refractivity (Wildman–Crippen MR) is 53.4 cm³/mol. The third kappa shape index (κ3) is 1.08. The van der Waals surface area contributed by atoms with E-state index in [1.165, 1.54) is 16.7 Å². The van der Waals surface area contributed by atoms with E-state index >= 15 is 0 Å². The van der Waals surface area contributed by atoms with Crippen LogP contribution in [0.2, 0.25) is 0 Å². The number of carboxylic acid groups (broad SMARTS) is 1. The number of carboxylic acids is 1. The predicted octanol–water partition coefficient (Wildman–Crippen LogP) is 0.741. The summed E-state index contributed by atoms with van der Waals surface area (Å²) in [5.41, 5.74) is 0. The van der Waals surface area contributed by atoms with Crippen LogP contribution in [0, 0.1) is 0 Å². The third-order valence-electron chi connectivity index (χ3n) is 2.61. The van der Waals surface area contributed by atoms with Crippen molar-refractivity contribution in [2.45, 2.75) is 35.4 Å². The average molecular weight is 236 g/mol. The van der Waals surface area contributed by atoms with Gasteiger partial charge in [0.15, 0.2) is 0 Å². The normalized spacial score (nSPS) is 39.2. The molecule has 2 fully saturated rings. The topological polar surface area (TPSA) is 57.6 Å². The summed E-state index contributed by atoms with van der Waals surface area (Å²) >= 11 is 7.25. The Morgan fingerprint density at radius 2 is 2.21 bits per heavy atom. The van der Waals surface area contributed by atoms with Gasteiger partial charge in [0.2, 0.25) is 5.91 Å². The largest absolute Gasteiger partial charge is 0.480 e. The molecule has 3 atom stereocenters. The van der Waals surface area contributed by atoms with E-state index in [2.05, 4.69) is 0 Å². The fraction of sp³-hybridized carbons (Fsp3) is 0.750. The number of nitrogens with zero attached hydrogens (tertiary/aromatic N) is 1. The van der Waals surface area contributed by atoms with Gasteiger partial charge in [-0.05, 0) is 13.8 Å². The second-order valence-corrected chi connectivity index (χ2v) is 6.24. The minimum atomic E-state index is -0.957. The number of β-lactam (4-membered cyclic amide) rings is 1. The van der Waals surface area contributed by atoms with Crippen LogP contribution in [0.3, 0.4) is 0 Å². The summed E-state index contributed by atoms with van der Waals surface area (Å²) in [5, 5.41) is 8.31. The maximum atomic E-state index is 11.4. The number of aliphatic carboxylic acids is 1. The summed E-state index contributed by atoms with van der Waals surface area (Å²) in [7, 11) is 0. The molecule has 2 aliphatic heterocycles. The molecule has 2 aliphatic rings. The Bertz CT molecular complexity index is 320. The van der Waals surface area contributed by atoms with Gasteiger partial charge in [0.05, 0.1) is 0 Å². The maximum absolute atomic E-state index is 11.4. The Hall–Kier alpha value is -0.420. The van der Waals surface area contributed by atoms with Crippen molar-refractivity contribution in [3.8, 4) is 0 Å². The van der Waals surface area contributed by atoms with E-state index in [1.54, 1.807) is 0 Å². The Morgan fingerprint density at radius 3 is 2.71 bits per heavy atom. The van der Waals surface area contributed by atoms with Gasteiger partial charge in [-0.25, -0.2) is 4.79 Å². The van der Waals surface area contributed by atoms with Gasteiger partial charge < -0.3 is 10.0 Å². The van der Waals surface area contributed by atoms with Crippen LogP contribution < -0.4 is 0 Å². The first kappa shape index (κ1) is 10.1. The third-order valence-corrected chi connectivity index (χ3v) is 4.76. The van der Waals surface area contributed by atoms with Gasteiger partial charge in [-0.3, -0.25) is 4.79 Å². The maximum Gasteiger partial charge on any atom is 0.327 e. The smallest absolute Gasteiger partial charge is 0.327 e.